The van der Waals surface area contributed by atoms with Crippen LogP contribution in [0, 0.1) is 0 Å². The number of methoxy groups -OCH3 is 1. The largest absolute Gasteiger partial charge is 0.496 e. The quantitative estimate of drug-likeness (QED) is 0.488. The molecule has 0 fully saturated rings. The number of carbonyl (C=O) groups is 1. The van der Waals surface area contributed by atoms with Crippen LogP contribution in [-0.2, 0) is 0 Å². The van der Waals surface area contributed by atoms with E-state index < -0.39 is 0 Å². The van der Waals surface area contributed by atoms with Crippen LogP contribution in [0.1, 0.15) is 29.8 Å². The molecule has 2 aromatic carbocycles. The molecular formula is C25H33ClN4O2. The Morgan fingerprint density at radius 1 is 1.16 bits per heavy atom. The summed E-state index contributed by atoms with van der Waals surface area (Å²) in [7, 11) is 5.55. The summed E-state index contributed by atoms with van der Waals surface area (Å²) in [4.78, 5) is 21.3. The predicted octanol–water partition coefficient (Wildman–Crippen LogP) is 4.90. The topological polar surface area (TPSA) is 57.2 Å². The number of aliphatic imine (C=N–C) groups is 1. The van der Waals surface area contributed by atoms with Crippen molar-refractivity contribution in [3.05, 3.63) is 58.6 Å². The van der Waals surface area contributed by atoms with Crippen LogP contribution >= 0.6 is 11.6 Å². The Labute approximate surface area is 196 Å². The second-order valence-electron chi connectivity index (χ2n) is 7.41. The molecule has 0 saturated heterocycles. The number of allylic oxidation sites excluding steroid dienone is 1. The van der Waals surface area contributed by atoms with Crippen molar-refractivity contribution >= 4 is 41.2 Å². The van der Waals surface area contributed by atoms with Crippen LogP contribution in [0.25, 0.3) is 6.08 Å². The monoisotopic (exact) mass is 456 g/mol. The van der Waals surface area contributed by atoms with Crippen molar-refractivity contribution in [3.8, 4) is 5.75 Å². The number of nitrogens with one attached hydrogen (secondary N) is 1. The molecule has 0 radical (unpaired) electrons. The van der Waals surface area contributed by atoms with E-state index in [0.29, 0.717) is 28.6 Å². The predicted molar refractivity (Wildman–Crippen MR) is 136 cm³/mol. The lowest BCUT2D eigenvalue weighted by molar-refractivity contribution is 0.0946. The first-order valence-corrected chi connectivity index (χ1v) is 11.1. The van der Waals surface area contributed by atoms with Crippen LogP contribution in [0.15, 0.2) is 47.5 Å². The number of nitrogens with zero attached hydrogens (tertiary/aromatic N) is 3. The maximum atomic E-state index is 12.6. The highest BCUT2D eigenvalue weighted by atomic mass is 35.5. The minimum atomic E-state index is -0.215. The third-order valence-electron chi connectivity index (χ3n) is 5.12. The van der Waals surface area contributed by atoms with Gasteiger partial charge in [-0.15, -0.1) is 0 Å². The van der Waals surface area contributed by atoms with Crippen LogP contribution in [0.2, 0.25) is 5.02 Å². The third kappa shape index (κ3) is 7.39. The average Bonchev–Trinajstić information content (AvgIpc) is 2.80. The minimum absolute atomic E-state index is 0.215. The number of rotatable bonds is 11. The summed E-state index contributed by atoms with van der Waals surface area (Å²) in [6.45, 7) is 7.45. The lowest BCUT2D eigenvalue weighted by atomic mass is 10.1. The van der Waals surface area contributed by atoms with Crippen molar-refractivity contribution in [2.45, 2.75) is 13.8 Å². The normalized spacial score (nSPS) is 11.5. The van der Waals surface area contributed by atoms with Gasteiger partial charge in [-0.25, -0.2) is 0 Å². The van der Waals surface area contributed by atoms with E-state index in [9.17, 15) is 4.79 Å². The Bertz CT molecular complexity index is 936. The van der Waals surface area contributed by atoms with Gasteiger partial charge >= 0.3 is 0 Å². The van der Waals surface area contributed by atoms with Gasteiger partial charge in [0, 0.05) is 45.2 Å². The molecule has 172 valence electrons. The van der Waals surface area contributed by atoms with E-state index in [4.69, 9.17) is 16.3 Å². The van der Waals surface area contributed by atoms with E-state index in [1.165, 1.54) is 7.11 Å². The molecule has 0 unspecified atom stereocenters. The zero-order valence-corrected chi connectivity index (χ0v) is 20.3. The first kappa shape index (κ1) is 25.4. The van der Waals surface area contributed by atoms with Crippen molar-refractivity contribution < 1.29 is 9.53 Å². The molecule has 0 aliphatic carbocycles. The molecule has 0 bridgehead atoms. The number of halogens is 1. The molecule has 1 amide bonds. The lowest BCUT2D eigenvalue weighted by Gasteiger charge is -2.18. The van der Waals surface area contributed by atoms with Gasteiger partial charge in [0.25, 0.3) is 5.91 Å². The van der Waals surface area contributed by atoms with Crippen molar-refractivity contribution in [1.82, 2.24) is 10.2 Å². The number of anilines is 1. The molecule has 0 aliphatic heterocycles. The Kier molecular flexibility index (Phi) is 10.2. The van der Waals surface area contributed by atoms with E-state index in [1.54, 1.807) is 18.3 Å². The first-order valence-electron chi connectivity index (χ1n) is 10.8. The van der Waals surface area contributed by atoms with Gasteiger partial charge in [-0.3, -0.25) is 9.79 Å². The number of hydrogen-bond acceptors (Lipinski definition) is 5. The highest BCUT2D eigenvalue weighted by Crippen LogP contribution is 2.32. The zero-order chi connectivity index (χ0) is 23.5. The highest BCUT2D eigenvalue weighted by molar-refractivity contribution is 6.33. The Hall–Kier alpha value is -2.83. The lowest BCUT2D eigenvalue weighted by Crippen LogP contribution is -2.34. The zero-order valence-electron chi connectivity index (χ0n) is 19.6. The summed E-state index contributed by atoms with van der Waals surface area (Å²) in [5, 5.41) is 3.32. The number of carbonyl (C=O) groups excluding carboxylic acids is 1. The number of amides is 1. The molecule has 1 N–H and O–H groups in total. The summed E-state index contributed by atoms with van der Waals surface area (Å²) < 4.78 is 5.41. The second kappa shape index (κ2) is 12.9. The van der Waals surface area contributed by atoms with Gasteiger partial charge in [-0.1, -0.05) is 43.7 Å². The van der Waals surface area contributed by atoms with Gasteiger partial charge in [-0.05, 0) is 42.9 Å². The molecule has 2 rings (SSSR count). The standard InChI is InChI=1S/C25H33ClN4O2/c1-6-30(7-2)16-15-28-25(31)21-17-22(26)23(18-24(21)32-5)27-14-8-9-19-10-12-20(13-11-19)29(3)4/h8-14,17-18H,6-7,15-16H2,1-5H3,(H,28,31)/b9-8+,27-14?. The van der Waals surface area contributed by atoms with E-state index in [-0.39, 0.29) is 5.91 Å². The van der Waals surface area contributed by atoms with Crippen LogP contribution in [-0.4, -0.2) is 64.4 Å². The molecule has 0 aromatic heterocycles. The van der Waals surface area contributed by atoms with Crippen LogP contribution < -0.4 is 15.0 Å². The van der Waals surface area contributed by atoms with Gasteiger partial charge in [-0.2, -0.15) is 0 Å². The fourth-order valence-electron chi connectivity index (χ4n) is 3.11. The van der Waals surface area contributed by atoms with E-state index >= 15 is 0 Å². The Morgan fingerprint density at radius 2 is 1.84 bits per heavy atom. The maximum absolute atomic E-state index is 12.6. The summed E-state index contributed by atoms with van der Waals surface area (Å²) >= 11 is 6.39. The van der Waals surface area contributed by atoms with Crippen LogP contribution in [0.4, 0.5) is 11.4 Å². The SMILES string of the molecule is CCN(CC)CCNC(=O)c1cc(Cl)c(N=C/C=C/c2ccc(N(C)C)cc2)cc1OC. The summed E-state index contributed by atoms with van der Waals surface area (Å²) in [6.07, 6.45) is 5.48. The van der Waals surface area contributed by atoms with Gasteiger partial charge in [0.2, 0.25) is 0 Å². The molecular weight excluding hydrogens is 424 g/mol. The molecule has 0 aliphatic rings. The van der Waals surface area contributed by atoms with Crippen LogP contribution in [0.3, 0.4) is 0 Å². The molecule has 0 heterocycles. The smallest absolute Gasteiger partial charge is 0.255 e. The minimum Gasteiger partial charge on any atom is -0.496 e. The number of likely N-dealkylation sites (N-methyl/N-ethyl adjacent to an activating group) is 1. The first-order chi connectivity index (χ1) is 15.4. The fourth-order valence-corrected chi connectivity index (χ4v) is 3.32. The maximum Gasteiger partial charge on any atom is 0.255 e. The Morgan fingerprint density at radius 3 is 2.44 bits per heavy atom. The molecule has 32 heavy (non-hydrogen) atoms. The summed E-state index contributed by atoms with van der Waals surface area (Å²) in [5.41, 5.74) is 3.15. The van der Waals surface area contributed by atoms with Crippen molar-refractivity contribution in [2.75, 3.05) is 52.3 Å². The van der Waals surface area contributed by atoms with Gasteiger partial charge < -0.3 is 19.9 Å². The number of ether oxygens (including phenoxy) is 1. The Balaban J connectivity index is 2.06. The van der Waals surface area contributed by atoms with E-state index in [2.05, 4.69) is 46.1 Å². The molecule has 0 atom stereocenters. The molecule has 2 aromatic rings. The molecule has 0 saturated carbocycles. The van der Waals surface area contributed by atoms with E-state index in [1.807, 2.05) is 38.4 Å². The molecule has 7 heteroatoms. The molecule has 6 nitrogen and oxygen atoms in total. The third-order valence-corrected chi connectivity index (χ3v) is 5.42. The fraction of sp³-hybridized carbons (Fsp3) is 0.360. The van der Waals surface area contributed by atoms with Gasteiger partial charge in [0.1, 0.15) is 5.75 Å². The highest BCUT2D eigenvalue weighted by Gasteiger charge is 2.15. The van der Waals surface area contributed by atoms with Gasteiger partial charge in [0.05, 0.1) is 23.4 Å². The number of hydrogen-bond donors (Lipinski definition) is 1. The summed E-state index contributed by atoms with van der Waals surface area (Å²) in [6, 6.07) is 11.5. The van der Waals surface area contributed by atoms with Crippen molar-refractivity contribution in [2.24, 2.45) is 4.99 Å². The van der Waals surface area contributed by atoms with Gasteiger partial charge in [0.15, 0.2) is 0 Å². The second-order valence-corrected chi connectivity index (χ2v) is 7.82. The summed E-state index contributed by atoms with van der Waals surface area (Å²) in [5.74, 6) is 0.220. The molecule has 0 spiro atoms. The van der Waals surface area contributed by atoms with E-state index in [0.717, 1.165) is 30.9 Å². The van der Waals surface area contributed by atoms with Crippen molar-refractivity contribution in [3.63, 3.8) is 0 Å². The van der Waals surface area contributed by atoms with Crippen LogP contribution in [0.5, 0.6) is 5.75 Å². The van der Waals surface area contributed by atoms with Crippen molar-refractivity contribution in [1.29, 1.82) is 0 Å². The number of benzene rings is 2. The average molecular weight is 457 g/mol.